The van der Waals surface area contributed by atoms with Gasteiger partial charge in [-0.05, 0) is 36.3 Å². The Morgan fingerprint density at radius 1 is 0.735 bits per heavy atom. The van der Waals surface area contributed by atoms with Gasteiger partial charge in [-0.3, -0.25) is 15.0 Å². The molecular formula is C24H34N6NaO3+. The Bertz CT molecular complexity index is 843. The van der Waals surface area contributed by atoms with Crippen LogP contribution in [0.1, 0.15) is 31.4 Å². The van der Waals surface area contributed by atoms with E-state index in [0.29, 0.717) is 25.8 Å². The third-order valence-corrected chi connectivity index (χ3v) is 5.59. The first-order chi connectivity index (χ1) is 16.0. The maximum atomic E-state index is 11.9. The van der Waals surface area contributed by atoms with Crippen molar-refractivity contribution in [1.82, 2.24) is 15.0 Å². The molecule has 178 valence electrons. The van der Waals surface area contributed by atoms with Gasteiger partial charge in [-0.1, -0.05) is 74.5 Å². The minimum absolute atomic E-state index is 0. The van der Waals surface area contributed by atoms with Crippen LogP contribution < -0.4 is 29.6 Å². The average Bonchev–Trinajstić information content (AvgIpc) is 2.83. The summed E-state index contributed by atoms with van der Waals surface area (Å²) >= 11 is 0. The van der Waals surface area contributed by atoms with Crippen LogP contribution in [-0.2, 0) is 12.8 Å². The molecule has 34 heavy (non-hydrogen) atoms. The molecule has 0 radical (unpaired) electrons. The number of hydrogen-bond acceptors (Lipinski definition) is 6. The van der Waals surface area contributed by atoms with Crippen LogP contribution in [0.5, 0.6) is 0 Å². The van der Waals surface area contributed by atoms with Crippen molar-refractivity contribution in [2.45, 2.75) is 45.2 Å². The van der Waals surface area contributed by atoms with E-state index in [1.165, 1.54) is 15.0 Å². The van der Waals surface area contributed by atoms with Crippen LogP contribution in [0.3, 0.4) is 0 Å². The van der Waals surface area contributed by atoms with Crippen molar-refractivity contribution in [2.24, 2.45) is 21.8 Å². The van der Waals surface area contributed by atoms with E-state index in [9.17, 15) is 14.7 Å². The zero-order chi connectivity index (χ0) is 24.1. The van der Waals surface area contributed by atoms with Crippen molar-refractivity contribution >= 4 is 0 Å². The van der Waals surface area contributed by atoms with Gasteiger partial charge in [0.05, 0.1) is 41.0 Å². The molecule has 0 bridgehead atoms. The van der Waals surface area contributed by atoms with Crippen LogP contribution in [0, 0.1) is 20.6 Å². The predicted octanol–water partition coefficient (Wildman–Crippen LogP) is 1.84. The Labute approximate surface area is 224 Å². The van der Waals surface area contributed by atoms with Crippen LogP contribution in [0.4, 0.5) is 0 Å². The van der Waals surface area contributed by atoms with Gasteiger partial charge in [0.1, 0.15) is 0 Å². The summed E-state index contributed by atoms with van der Waals surface area (Å²) in [5.41, 5.74) is 2.14. The second kappa shape index (κ2) is 16.3. The van der Waals surface area contributed by atoms with E-state index in [1.807, 2.05) is 74.5 Å². The third-order valence-electron chi connectivity index (χ3n) is 5.59. The molecule has 2 atom stereocenters. The predicted molar refractivity (Wildman–Crippen MR) is 131 cm³/mol. The van der Waals surface area contributed by atoms with Crippen LogP contribution >= 0.6 is 0 Å². The third kappa shape index (κ3) is 10.3. The number of nitrogens with zero attached hydrogens (tertiary/aromatic N) is 6. The standard InChI is InChI=1S/C24H34N6O3.Na/c1-20(2)16-23(18-28(3)25-31)30(27-33)19-24(17-22-12-8-5-9-13-22)29(26-32)15-14-21-10-6-4-7-11-21;/h4-13,20,23-24H,14-19H2,1-3H3;/q;+1/t23-,24-;/m0./s1. The quantitative estimate of drug-likeness (QED) is 0.208. The number of hydrogen-bond donors (Lipinski definition) is 0. The van der Waals surface area contributed by atoms with Crippen LogP contribution in [0.25, 0.3) is 0 Å². The Morgan fingerprint density at radius 3 is 1.79 bits per heavy atom. The van der Waals surface area contributed by atoms with Crippen molar-refractivity contribution in [3.8, 4) is 0 Å². The van der Waals surface area contributed by atoms with Gasteiger partial charge in [0.15, 0.2) is 0 Å². The maximum absolute atomic E-state index is 11.9. The summed E-state index contributed by atoms with van der Waals surface area (Å²) in [7, 11) is 1.57. The molecule has 0 amide bonds. The summed E-state index contributed by atoms with van der Waals surface area (Å²) in [4.78, 5) is 34.7. The van der Waals surface area contributed by atoms with E-state index in [1.54, 1.807) is 7.05 Å². The molecule has 0 unspecified atom stereocenters. The van der Waals surface area contributed by atoms with E-state index >= 15 is 0 Å². The SMILES string of the molecule is CC(C)C[C@@H](CN(C)N=O)N(C[C@H](Cc1ccccc1)N(CCc1ccccc1)N=O)N=O.[Na+]. The summed E-state index contributed by atoms with van der Waals surface area (Å²) in [5, 5.41) is 13.8. The first-order valence-electron chi connectivity index (χ1n) is 11.3. The minimum atomic E-state index is -0.365. The van der Waals surface area contributed by atoms with Crippen LogP contribution in [0.2, 0.25) is 0 Å². The molecule has 0 saturated heterocycles. The Balaban J connectivity index is 0.00000578. The van der Waals surface area contributed by atoms with E-state index in [4.69, 9.17) is 0 Å². The monoisotopic (exact) mass is 477 g/mol. The Kier molecular flexibility index (Phi) is 14.2. The van der Waals surface area contributed by atoms with Crippen molar-refractivity contribution in [3.63, 3.8) is 0 Å². The molecule has 0 aromatic heterocycles. The van der Waals surface area contributed by atoms with E-state index in [2.05, 4.69) is 15.9 Å². The van der Waals surface area contributed by atoms with E-state index < -0.39 is 0 Å². The van der Waals surface area contributed by atoms with E-state index in [-0.39, 0.29) is 60.6 Å². The molecule has 2 aromatic carbocycles. The second-order valence-electron chi connectivity index (χ2n) is 8.73. The van der Waals surface area contributed by atoms with Crippen molar-refractivity contribution < 1.29 is 29.6 Å². The summed E-state index contributed by atoms with van der Waals surface area (Å²) in [6.45, 7) is 4.99. The summed E-state index contributed by atoms with van der Waals surface area (Å²) < 4.78 is 0. The molecule has 0 fully saturated rings. The Hall–Kier alpha value is -2.36. The van der Waals surface area contributed by atoms with Gasteiger partial charge in [-0.25, -0.2) is 0 Å². The number of rotatable bonds is 16. The molecule has 2 rings (SSSR count). The maximum Gasteiger partial charge on any atom is 1.00 e. The van der Waals surface area contributed by atoms with Crippen LogP contribution in [-0.4, -0.2) is 53.8 Å². The molecule has 0 aliphatic rings. The van der Waals surface area contributed by atoms with Gasteiger partial charge in [-0.15, -0.1) is 14.7 Å². The first kappa shape index (κ1) is 29.7. The summed E-state index contributed by atoms with van der Waals surface area (Å²) in [6.07, 6.45) is 1.84. The second-order valence-corrected chi connectivity index (χ2v) is 8.73. The number of benzene rings is 2. The largest absolute Gasteiger partial charge is 1.00 e. The van der Waals surface area contributed by atoms with Crippen molar-refractivity contribution in [3.05, 3.63) is 86.5 Å². The fourth-order valence-corrected chi connectivity index (χ4v) is 3.97. The van der Waals surface area contributed by atoms with Gasteiger partial charge >= 0.3 is 29.6 Å². The molecule has 0 aliphatic carbocycles. The molecule has 0 heterocycles. The minimum Gasteiger partial charge on any atom is -0.262 e. The number of nitroso groups, excluding NO2 is 3. The molecule has 2 aromatic rings. The zero-order valence-electron chi connectivity index (χ0n) is 20.7. The fraction of sp³-hybridized carbons (Fsp3) is 0.500. The molecule has 10 heteroatoms. The molecule has 0 saturated carbocycles. The van der Waals surface area contributed by atoms with Crippen molar-refractivity contribution in [2.75, 3.05) is 26.7 Å². The zero-order valence-corrected chi connectivity index (χ0v) is 22.7. The van der Waals surface area contributed by atoms with Gasteiger partial charge in [0.25, 0.3) is 0 Å². The molecule has 0 N–H and O–H groups in total. The van der Waals surface area contributed by atoms with Gasteiger partial charge in [-0.2, -0.15) is 0 Å². The Morgan fingerprint density at radius 2 is 1.29 bits per heavy atom. The van der Waals surface area contributed by atoms with E-state index in [0.717, 1.165) is 11.1 Å². The van der Waals surface area contributed by atoms with Gasteiger partial charge in [0.2, 0.25) is 0 Å². The summed E-state index contributed by atoms with van der Waals surface area (Å²) in [5.74, 6) is 0.283. The summed E-state index contributed by atoms with van der Waals surface area (Å²) in [6, 6.07) is 19.0. The molecule has 0 aliphatic heterocycles. The normalized spacial score (nSPS) is 12.2. The molecule has 0 spiro atoms. The first-order valence-corrected chi connectivity index (χ1v) is 11.3. The fourth-order valence-electron chi connectivity index (χ4n) is 3.97. The molecular weight excluding hydrogens is 443 g/mol. The molecule has 9 nitrogen and oxygen atoms in total. The van der Waals surface area contributed by atoms with Gasteiger partial charge < -0.3 is 0 Å². The van der Waals surface area contributed by atoms with Crippen LogP contribution in [0.15, 0.2) is 76.5 Å². The smallest absolute Gasteiger partial charge is 0.262 e. The average molecular weight is 478 g/mol. The van der Waals surface area contributed by atoms with Gasteiger partial charge in [0, 0.05) is 13.6 Å². The van der Waals surface area contributed by atoms with Crippen molar-refractivity contribution in [1.29, 1.82) is 0 Å². The number of likely N-dealkylation sites (N-methyl/N-ethyl adjacent to an activating group) is 1. The topological polar surface area (TPSA) is 98.0 Å².